The number of carbonyl (C=O) groups is 1. The number of hydrogen-bond acceptors (Lipinski definition) is 4. The molecule has 0 aliphatic heterocycles. The van der Waals surface area contributed by atoms with Gasteiger partial charge in [-0.2, -0.15) is 0 Å². The fourth-order valence-corrected chi connectivity index (χ4v) is 4.55. The molecule has 0 N–H and O–H groups in total. The van der Waals surface area contributed by atoms with Crippen LogP contribution < -0.4 is 0 Å². The van der Waals surface area contributed by atoms with Crippen LogP contribution in [-0.4, -0.2) is 43.8 Å². The third-order valence-corrected chi connectivity index (χ3v) is 5.92. The van der Waals surface area contributed by atoms with Gasteiger partial charge in [-0.3, -0.25) is 4.79 Å². The molecule has 0 aromatic carbocycles. The van der Waals surface area contributed by atoms with Gasteiger partial charge < -0.3 is 9.32 Å². The van der Waals surface area contributed by atoms with Crippen molar-refractivity contribution in [2.24, 2.45) is 0 Å². The number of aryl methyl sites for hydroxylation is 1. The minimum absolute atomic E-state index is 0.0213. The van der Waals surface area contributed by atoms with Gasteiger partial charge in [0.05, 0.1) is 11.5 Å². The highest BCUT2D eigenvalue weighted by atomic mass is 32.2. The van der Waals surface area contributed by atoms with E-state index in [-0.39, 0.29) is 11.9 Å². The zero-order valence-electron chi connectivity index (χ0n) is 12.6. The quantitative estimate of drug-likeness (QED) is 0.834. The van der Waals surface area contributed by atoms with E-state index >= 15 is 0 Å². The van der Waals surface area contributed by atoms with E-state index in [1.54, 1.807) is 24.3 Å². The standard InChI is InChI=1S/C15H23NO4S/c1-16(15(17)10-9-12-6-5-11-20-12)13-7-3-4-8-14(13)21(2,18)19/h5-6,11,13-14H,3-4,7-10H2,1-2H3/t13-,14-/m0/s1. The van der Waals surface area contributed by atoms with Crippen LogP contribution in [-0.2, 0) is 21.1 Å². The summed E-state index contributed by atoms with van der Waals surface area (Å²) in [7, 11) is -1.40. The minimum atomic E-state index is -3.12. The molecule has 118 valence electrons. The van der Waals surface area contributed by atoms with Crippen LogP contribution in [0.4, 0.5) is 0 Å². The van der Waals surface area contributed by atoms with E-state index in [9.17, 15) is 13.2 Å². The summed E-state index contributed by atoms with van der Waals surface area (Å²) >= 11 is 0. The molecule has 5 nitrogen and oxygen atoms in total. The Labute approximate surface area is 126 Å². The van der Waals surface area contributed by atoms with Gasteiger partial charge in [0, 0.05) is 32.2 Å². The summed E-state index contributed by atoms with van der Waals surface area (Å²) in [6.07, 6.45) is 7.07. The highest BCUT2D eigenvalue weighted by molar-refractivity contribution is 7.91. The van der Waals surface area contributed by atoms with E-state index < -0.39 is 15.1 Å². The molecule has 0 spiro atoms. The largest absolute Gasteiger partial charge is 0.469 e. The molecular weight excluding hydrogens is 290 g/mol. The maximum atomic E-state index is 12.3. The Morgan fingerprint density at radius 2 is 2.10 bits per heavy atom. The van der Waals surface area contributed by atoms with Gasteiger partial charge in [0.15, 0.2) is 9.84 Å². The summed E-state index contributed by atoms with van der Waals surface area (Å²) in [4.78, 5) is 13.9. The van der Waals surface area contributed by atoms with Gasteiger partial charge in [-0.05, 0) is 25.0 Å². The molecule has 1 saturated carbocycles. The fourth-order valence-electron chi connectivity index (χ4n) is 3.07. The average Bonchev–Trinajstić information content (AvgIpc) is 2.96. The summed E-state index contributed by atoms with van der Waals surface area (Å²) in [5, 5.41) is -0.427. The van der Waals surface area contributed by atoms with Crippen molar-refractivity contribution < 1.29 is 17.6 Å². The second-order valence-electron chi connectivity index (χ2n) is 5.80. The second-order valence-corrected chi connectivity index (χ2v) is 8.07. The Balaban J connectivity index is 1.99. The fraction of sp³-hybridized carbons (Fsp3) is 0.667. The molecule has 6 heteroatoms. The van der Waals surface area contributed by atoms with E-state index in [0.717, 1.165) is 25.0 Å². The summed E-state index contributed by atoms with van der Waals surface area (Å²) in [5.74, 6) is 0.756. The zero-order valence-corrected chi connectivity index (χ0v) is 13.4. The molecule has 1 aromatic heterocycles. The Morgan fingerprint density at radius 3 is 2.71 bits per heavy atom. The van der Waals surface area contributed by atoms with Crippen LogP contribution >= 0.6 is 0 Å². The minimum Gasteiger partial charge on any atom is -0.469 e. The van der Waals surface area contributed by atoms with Crippen LogP contribution in [0.3, 0.4) is 0 Å². The lowest BCUT2D eigenvalue weighted by Gasteiger charge is -2.37. The first-order valence-electron chi connectivity index (χ1n) is 7.36. The Morgan fingerprint density at radius 1 is 1.38 bits per heavy atom. The van der Waals surface area contributed by atoms with E-state index in [1.807, 2.05) is 6.07 Å². The van der Waals surface area contributed by atoms with Crippen molar-refractivity contribution in [2.45, 2.75) is 49.8 Å². The molecule has 2 atom stereocenters. The van der Waals surface area contributed by atoms with Gasteiger partial charge in [0.2, 0.25) is 5.91 Å². The lowest BCUT2D eigenvalue weighted by molar-refractivity contribution is -0.132. The Bertz CT molecular complexity index is 565. The molecule has 1 aliphatic rings. The molecule has 21 heavy (non-hydrogen) atoms. The van der Waals surface area contributed by atoms with Gasteiger partial charge in [0.25, 0.3) is 0 Å². The first-order chi connectivity index (χ1) is 9.89. The summed E-state index contributed by atoms with van der Waals surface area (Å²) in [5.41, 5.74) is 0. The highest BCUT2D eigenvalue weighted by Gasteiger charge is 2.36. The first kappa shape index (κ1) is 16.1. The average molecular weight is 313 g/mol. The third kappa shape index (κ3) is 4.09. The number of carbonyl (C=O) groups excluding carboxylic acids is 1. The monoisotopic (exact) mass is 313 g/mol. The number of rotatable bonds is 5. The van der Waals surface area contributed by atoms with Gasteiger partial charge in [0.1, 0.15) is 5.76 Å². The predicted octanol–water partition coefficient (Wildman–Crippen LogP) is 2.03. The number of hydrogen-bond donors (Lipinski definition) is 0. The van der Waals surface area contributed by atoms with Crippen molar-refractivity contribution in [1.82, 2.24) is 4.90 Å². The maximum Gasteiger partial charge on any atom is 0.223 e. The summed E-state index contributed by atoms with van der Waals surface area (Å²) in [6, 6.07) is 3.44. The molecule has 2 rings (SSSR count). The van der Waals surface area contributed by atoms with Gasteiger partial charge in [-0.1, -0.05) is 12.8 Å². The van der Waals surface area contributed by atoms with Crippen LogP contribution in [0.25, 0.3) is 0 Å². The lowest BCUT2D eigenvalue weighted by Crippen LogP contribution is -2.49. The maximum absolute atomic E-state index is 12.3. The molecular formula is C15H23NO4S. The van der Waals surface area contributed by atoms with E-state index in [0.29, 0.717) is 19.3 Å². The van der Waals surface area contributed by atoms with Crippen LogP contribution in [0.5, 0.6) is 0 Å². The Kier molecular flexibility index (Phi) is 5.08. The van der Waals surface area contributed by atoms with Crippen LogP contribution in [0.1, 0.15) is 37.9 Å². The smallest absolute Gasteiger partial charge is 0.223 e. The van der Waals surface area contributed by atoms with Crippen molar-refractivity contribution in [1.29, 1.82) is 0 Å². The molecule has 0 unspecified atom stereocenters. The molecule has 0 radical (unpaired) electrons. The van der Waals surface area contributed by atoms with Crippen LogP contribution in [0.2, 0.25) is 0 Å². The molecule has 1 heterocycles. The SMILES string of the molecule is CN(C(=O)CCc1ccco1)[C@H]1CCCC[C@@H]1S(C)(=O)=O. The summed E-state index contributed by atoms with van der Waals surface area (Å²) in [6.45, 7) is 0. The number of nitrogens with zero attached hydrogens (tertiary/aromatic N) is 1. The van der Waals surface area contributed by atoms with Crippen molar-refractivity contribution >= 4 is 15.7 Å². The topological polar surface area (TPSA) is 67.6 Å². The van der Waals surface area contributed by atoms with E-state index in [2.05, 4.69) is 0 Å². The highest BCUT2D eigenvalue weighted by Crippen LogP contribution is 2.27. The number of amides is 1. The van der Waals surface area contributed by atoms with Crippen molar-refractivity contribution in [3.05, 3.63) is 24.2 Å². The van der Waals surface area contributed by atoms with Crippen LogP contribution in [0, 0.1) is 0 Å². The van der Waals surface area contributed by atoms with Crippen molar-refractivity contribution in [2.75, 3.05) is 13.3 Å². The van der Waals surface area contributed by atoms with Gasteiger partial charge in [-0.15, -0.1) is 0 Å². The normalized spacial score (nSPS) is 23.0. The Hall–Kier alpha value is -1.30. The summed E-state index contributed by atoms with van der Waals surface area (Å²) < 4.78 is 29.0. The van der Waals surface area contributed by atoms with E-state index in [1.165, 1.54) is 6.26 Å². The van der Waals surface area contributed by atoms with Crippen molar-refractivity contribution in [3.8, 4) is 0 Å². The number of furan rings is 1. The molecule has 1 aliphatic carbocycles. The van der Waals surface area contributed by atoms with Crippen LogP contribution in [0.15, 0.2) is 22.8 Å². The van der Waals surface area contributed by atoms with Gasteiger partial charge in [-0.25, -0.2) is 8.42 Å². The first-order valence-corrected chi connectivity index (χ1v) is 9.32. The third-order valence-electron chi connectivity index (χ3n) is 4.27. The molecule has 1 fully saturated rings. The number of sulfone groups is 1. The van der Waals surface area contributed by atoms with Crippen molar-refractivity contribution in [3.63, 3.8) is 0 Å². The molecule has 1 aromatic rings. The zero-order chi connectivity index (χ0) is 15.5. The second kappa shape index (κ2) is 6.64. The molecule has 0 bridgehead atoms. The van der Waals surface area contributed by atoms with E-state index in [4.69, 9.17) is 4.42 Å². The molecule has 0 saturated heterocycles. The molecule has 1 amide bonds. The van der Waals surface area contributed by atoms with Gasteiger partial charge >= 0.3 is 0 Å². The predicted molar refractivity (Wildman–Crippen MR) is 80.7 cm³/mol. The lowest BCUT2D eigenvalue weighted by atomic mass is 9.93.